The van der Waals surface area contributed by atoms with E-state index in [0.29, 0.717) is 19.2 Å². The summed E-state index contributed by atoms with van der Waals surface area (Å²) < 4.78 is 4.91. The average molecular weight is 311 g/mol. The highest BCUT2D eigenvalue weighted by molar-refractivity contribution is 5.86. The molecule has 0 aromatic heterocycles. The molecule has 0 spiro atoms. The van der Waals surface area contributed by atoms with E-state index < -0.39 is 0 Å². The molecule has 126 valence electrons. The molecule has 2 fully saturated rings. The minimum atomic E-state index is -0.0338. The fourth-order valence-electron chi connectivity index (χ4n) is 3.19. The Kier molecular flexibility index (Phi) is 6.92. The second kappa shape index (κ2) is 8.95. The van der Waals surface area contributed by atoms with Crippen LogP contribution in [0.2, 0.25) is 0 Å². The summed E-state index contributed by atoms with van der Waals surface area (Å²) in [7, 11) is 3.39. The van der Waals surface area contributed by atoms with E-state index in [1.54, 1.807) is 14.2 Å². The monoisotopic (exact) mass is 311 g/mol. The van der Waals surface area contributed by atoms with E-state index in [-0.39, 0.29) is 12.5 Å². The fourth-order valence-corrected chi connectivity index (χ4v) is 3.19. The van der Waals surface area contributed by atoms with Gasteiger partial charge in [0, 0.05) is 39.8 Å². The van der Waals surface area contributed by atoms with Crippen LogP contribution in [0.15, 0.2) is 4.99 Å². The largest absolute Gasteiger partial charge is 0.383 e. The highest BCUT2D eigenvalue weighted by Gasteiger charge is 2.30. The SMILES string of the molecule is CN=C(NCC(=O)NCCOC)N1CCC(N2CCCC2)C1. The molecule has 0 aromatic rings. The Morgan fingerprint density at radius 2 is 2.05 bits per heavy atom. The first kappa shape index (κ1) is 17.0. The molecule has 1 amide bonds. The van der Waals surface area contributed by atoms with E-state index in [2.05, 4.69) is 25.4 Å². The third-order valence-corrected chi connectivity index (χ3v) is 4.37. The van der Waals surface area contributed by atoms with Crippen LogP contribution in [-0.2, 0) is 9.53 Å². The van der Waals surface area contributed by atoms with Crippen molar-refractivity contribution in [3.63, 3.8) is 0 Å². The molecule has 2 aliphatic rings. The molecule has 2 heterocycles. The van der Waals surface area contributed by atoms with E-state index >= 15 is 0 Å². The molecule has 2 saturated heterocycles. The summed E-state index contributed by atoms with van der Waals surface area (Å²) >= 11 is 0. The van der Waals surface area contributed by atoms with Crippen molar-refractivity contribution in [3.05, 3.63) is 0 Å². The molecule has 0 aliphatic carbocycles. The Labute approximate surface area is 133 Å². The number of amides is 1. The molecule has 0 radical (unpaired) electrons. The number of methoxy groups -OCH3 is 1. The highest BCUT2D eigenvalue weighted by atomic mass is 16.5. The maximum Gasteiger partial charge on any atom is 0.239 e. The Bertz CT molecular complexity index is 382. The van der Waals surface area contributed by atoms with Gasteiger partial charge in [-0.1, -0.05) is 0 Å². The summed E-state index contributed by atoms with van der Waals surface area (Å²) in [5.74, 6) is 0.789. The predicted octanol–water partition coefficient (Wildman–Crippen LogP) is -0.505. The van der Waals surface area contributed by atoms with Gasteiger partial charge in [-0.25, -0.2) is 0 Å². The molecule has 1 atom stereocenters. The Morgan fingerprint density at radius 1 is 1.27 bits per heavy atom. The fraction of sp³-hybridized carbons (Fsp3) is 0.867. The van der Waals surface area contributed by atoms with Crippen molar-refractivity contribution in [2.45, 2.75) is 25.3 Å². The lowest BCUT2D eigenvalue weighted by Gasteiger charge is -2.25. The van der Waals surface area contributed by atoms with E-state index in [1.807, 2.05) is 0 Å². The van der Waals surface area contributed by atoms with Crippen LogP contribution in [0.3, 0.4) is 0 Å². The van der Waals surface area contributed by atoms with Crippen LogP contribution in [0, 0.1) is 0 Å². The van der Waals surface area contributed by atoms with Crippen LogP contribution < -0.4 is 10.6 Å². The van der Waals surface area contributed by atoms with Gasteiger partial charge in [-0.3, -0.25) is 14.7 Å². The van der Waals surface area contributed by atoms with Crippen molar-refractivity contribution in [2.75, 3.05) is 60.0 Å². The van der Waals surface area contributed by atoms with Crippen molar-refractivity contribution in [2.24, 2.45) is 4.99 Å². The molecule has 2 N–H and O–H groups in total. The molecule has 0 bridgehead atoms. The van der Waals surface area contributed by atoms with Gasteiger partial charge in [0.05, 0.1) is 13.2 Å². The first-order chi connectivity index (χ1) is 10.7. The molecule has 2 rings (SSSR count). The van der Waals surface area contributed by atoms with Crippen LogP contribution in [-0.4, -0.2) is 87.7 Å². The first-order valence-corrected chi connectivity index (χ1v) is 8.20. The summed E-state index contributed by atoms with van der Waals surface area (Å²) in [6, 6.07) is 0.636. The predicted molar refractivity (Wildman–Crippen MR) is 87.0 cm³/mol. The number of rotatable bonds is 6. The Balaban J connectivity index is 1.71. The van der Waals surface area contributed by atoms with Gasteiger partial charge < -0.3 is 20.3 Å². The van der Waals surface area contributed by atoms with Gasteiger partial charge in [0.15, 0.2) is 5.96 Å². The maximum absolute atomic E-state index is 11.7. The van der Waals surface area contributed by atoms with Crippen molar-refractivity contribution < 1.29 is 9.53 Å². The van der Waals surface area contributed by atoms with Crippen molar-refractivity contribution >= 4 is 11.9 Å². The normalized spacial score (nSPS) is 23.1. The molecular weight excluding hydrogens is 282 g/mol. The van der Waals surface area contributed by atoms with Gasteiger partial charge in [0.25, 0.3) is 0 Å². The topological polar surface area (TPSA) is 69.2 Å². The molecule has 1 unspecified atom stereocenters. The van der Waals surface area contributed by atoms with Gasteiger partial charge >= 0.3 is 0 Å². The lowest BCUT2D eigenvalue weighted by atomic mass is 10.2. The number of guanidine groups is 1. The van der Waals surface area contributed by atoms with E-state index in [0.717, 1.165) is 19.0 Å². The van der Waals surface area contributed by atoms with Gasteiger partial charge in [0.2, 0.25) is 5.91 Å². The second-order valence-corrected chi connectivity index (χ2v) is 5.88. The molecule has 2 aliphatic heterocycles. The summed E-state index contributed by atoms with van der Waals surface area (Å²) in [5.41, 5.74) is 0. The first-order valence-electron chi connectivity index (χ1n) is 8.20. The standard InChI is InChI=1S/C15H29N5O2/c1-16-15(18-11-14(21)17-6-10-22-2)20-9-5-13(12-20)19-7-3-4-8-19/h13H,3-12H2,1-2H3,(H,16,18)(H,17,21). The van der Waals surface area contributed by atoms with Gasteiger partial charge in [-0.2, -0.15) is 0 Å². The third-order valence-electron chi connectivity index (χ3n) is 4.37. The van der Waals surface area contributed by atoms with Gasteiger partial charge in [-0.05, 0) is 32.4 Å². The van der Waals surface area contributed by atoms with Gasteiger partial charge in [-0.15, -0.1) is 0 Å². The van der Waals surface area contributed by atoms with Crippen molar-refractivity contribution in [1.82, 2.24) is 20.4 Å². The number of carbonyl (C=O) groups excluding carboxylic acids is 1. The molecule has 7 nitrogen and oxygen atoms in total. The van der Waals surface area contributed by atoms with Crippen LogP contribution in [0.4, 0.5) is 0 Å². The zero-order valence-corrected chi connectivity index (χ0v) is 13.8. The number of nitrogens with one attached hydrogen (secondary N) is 2. The maximum atomic E-state index is 11.7. The number of likely N-dealkylation sites (tertiary alicyclic amines) is 2. The minimum Gasteiger partial charge on any atom is -0.383 e. The smallest absolute Gasteiger partial charge is 0.239 e. The van der Waals surface area contributed by atoms with Crippen LogP contribution in [0.5, 0.6) is 0 Å². The number of aliphatic imine (C=N–C) groups is 1. The Hall–Kier alpha value is -1.34. The highest BCUT2D eigenvalue weighted by Crippen LogP contribution is 2.20. The van der Waals surface area contributed by atoms with E-state index in [4.69, 9.17) is 4.74 Å². The lowest BCUT2D eigenvalue weighted by Crippen LogP contribution is -2.46. The molecule has 0 saturated carbocycles. The minimum absolute atomic E-state index is 0.0338. The Morgan fingerprint density at radius 3 is 2.73 bits per heavy atom. The molecule has 22 heavy (non-hydrogen) atoms. The number of carbonyl (C=O) groups is 1. The number of ether oxygens (including phenoxy) is 1. The molecule has 7 heteroatoms. The zero-order valence-electron chi connectivity index (χ0n) is 13.8. The zero-order chi connectivity index (χ0) is 15.8. The number of nitrogens with zero attached hydrogens (tertiary/aromatic N) is 3. The summed E-state index contributed by atoms with van der Waals surface area (Å²) in [6.07, 6.45) is 3.83. The van der Waals surface area contributed by atoms with Crippen molar-refractivity contribution in [1.29, 1.82) is 0 Å². The summed E-state index contributed by atoms with van der Waals surface area (Å²) in [6.45, 7) is 5.79. The number of hydrogen-bond donors (Lipinski definition) is 2. The summed E-state index contributed by atoms with van der Waals surface area (Å²) in [4.78, 5) is 20.9. The molecular formula is C15H29N5O2. The average Bonchev–Trinajstić information content (AvgIpc) is 3.19. The van der Waals surface area contributed by atoms with Crippen LogP contribution in [0.1, 0.15) is 19.3 Å². The van der Waals surface area contributed by atoms with Crippen LogP contribution in [0.25, 0.3) is 0 Å². The lowest BCUT2D eigenvalue weighted by molar-refractivity contribution is -0.120. The number of hydrogen-bond acceptors (Lipinski definition) is 4. The second-order valence-electron chi connectivity index (χ2n) is 5.88. The quantitative estimate of drug-likeness (QED) is 0.393. The van der Waals surface area contributed by atoms with Gasteiger partial charge in [0.1, 0.15) is 0 Å². The van der Waals surface area contributed by atoms with E-state index in [1.165, 1.54) is 32.4 Å². The molecule has 0 aromatic carbocycles. The van der Waals surface area contributed by atoms with E-state index in [9.17, 15) is 4.79 Å². The van der Waals surface area contributed by atoms with Crippen molar-refractivity contribution in [3.8, 4) is 0 Å². The third kappa shape index (κ3) is 4.84. The van der Waals surface area contributed by atoms with Crippen LogP contribution >= 0.6 is 0 Å². The summed E-state index contributed by atoms with van der Waals surface area (Å²) in [5, 5.41) is 5.95.